The monoisotopic (exact) mass is 354 g/mol. The third-order valence-electron chi connectivity index (χ3n) is 3.83. The third kappa shape index (κ3) is 4.71. The molecule has 1 aromatic rings. The molecule has 5 heteroatoms. The van der Waals surface area contributed by atoms with E-state index < -0.39 is 0 Å². The number of amides is 1. The fraction of sp³-hybridized carbons (Fsp3) is 0.562. The van der Waals surface area contributed by atoms with E-state index >= 15 is 0 Å². The second-order valence-corrected chi connectivity index (χ2v) is 5.90. The summed E-state index contributed by atoms with van der Waals surface area (Å²) in [6.45, 7) is 6.63. The van der Waals surface area contributed by atoms with Gasteiger partial charge in [0.2, 0.25) is 0 Å². The van der Waals surface area contributed by atoms with E-state index in [-0.39, 0.29) is 6.09 Å². The molecular formula is C16H23BrN2O2. The number of piperazine rings is 1. The molecule has 1 aliphatic heterocycles. The van der Waals surface area contributed by atoms with E-state index in [9.17, 15) is 4.79 Å². The van der Waals surface area contributed by atoms with Crippen molar-refractivity contribution in [2.45, 2.75) is 12.8 Å². The lowest BCUT2D eigenvalue weighted by molar-refractivity contribution is 0.0786. The number of rotatable bonds is 5. The lowest BCUT2D eigenvalue weighted by Crippen LogP contribution is -2.49. The first-order chi connectivity index (χ1) is 10.2. The molecule has 0 aromatic heterocycles. The van der Waals surface area contributed by atoms with Gasteiger partial charge in [-0.2, -0.15) is 0 Å². The van der Waals surface area contributed by atoms with E-state index in [0.29, 0.717) is 12.5 Å². The summed E-state index contributed by atoms with van der Waals surface area (Å²) in [6.07, 6.45) is -0.183. The summed E-state index contributed by atoms with van der Waals surface area (Å²) in [7, 11) is 0. The van der Waals surface area contributed by atoms with Gasteiger partial charge < -0.3 is 9.64 Å². The highest BCUT2D eigenvalue weighted by Gasteiger charge is 2.23. The molecule has 1 fully saturated rings. The minimum atomic E-state index is -0.183. The lowest BCUT2D eigenvalue weighted by Gasteiger charge is -2.35. The summed E-state index contributed by atoms with van der Waals surface area (Å²) in [6, 6.07) is 10.6. The molecule has 0 spiro atoms. The molecule has 4 nitrogen and oxygen atoms in total. The van der Waals surface area contributed by atoms with E-state index in [4.69, 9.17) is 4.74 Å². The van der Waals surface area contributed by atoms with Crippen LogP contribution in [0.5, 0.6) is 0 Å². The van der Waals surface area contributed by atoms with Crippen molar-refractivity contribution in [3.05, 3.63) is 35.9 Å². The van der Waals surface area contributed by atoms with Crippen LogP contribution >= 0.6 is 15.9 Å². The number of hydrogen-bond acceptors (Lipinski definition) is 3. The Kier molecular flexibility index (Phi) is 6.51. The van der Waals surface area contributed by atoms with Gasteiger partial charge in [-0.3, -0.25) is 4.90 Å². The van der Waals surface area contributed by atoms with Crippen molar-refractivity contribution >= 4 is 22.0 Å². The smallest absolute Gasteiger partial charge is 0.409 e. The molecule has 1 aliphatic rings. The van der Waals surface area contributed by atoms with E-state index in [2.05, 4.69) is 45.1 Å². The van der Waals surface area contributed by atoms with Crippen LogP contribution in [-0.2, 0) is 4.74 Å². The van der Waals surface area contributed by atoms with Gasteiger partial charge >= 0.3 is 6.09 Å². The fourth-order valence-corrected chi connectivity index (χ4v) is 3.19. The number of carbonyl (C=O) groups is 1. The molecule has 1 unspecified atom stereocenters. The van der Waals surface area contributed by atoms with Gasteiger partial charge in [0, 0.05) is 44.0 Å². The molecule has 1 amide bonds. The number of hydrogen-bond donors (Lipinski definition) is 0. The Labute approximate surface area is 135 Å². The minimum absolute atomic E-state index is 0.183. The quantitative estimate of drug-likeness (QED) is 0.762. The Bertz CT molecular complexity index is 433. The first-order valence-electron chi connectivity index (χ1n) is 7.49. The Morgan fingerprint density at radius 2 is 1.90 bits per heavy atom. The molecule has 1 heterocycles. The standard InChI is InChI=1S/C16H23BrN2O2/c1-2-21-16(20)19-10-8-18(9-11-19)13-15(12-17)14-6-4-3-5-7-14/h3-7,15H,2,8-13H2,1H3. The van der Waals surface area contributed by atoms with Gasteiger partial charge in [0.05, 0.1) is 6.61 Å². The summed E-state index contributed by atoms with van der Waals surface area (Å²) in [5.41, 5.74) is 1.36. The van der Waals surface area contributed by atoms with Crippen molar-refractivity contribution in [3.63, 3.8) is 0 Å². The highest BCUT2D eigenvalue weighted by atomic mass is 79.9. The highest BCUT2D eigenvalue weighted by molar-refractivity contribution is 9.09. The number of benzene rings is 1. The van der Waals surface area contributed by atoms with Crippen LogP contribution in [0.4, 0.5) is 4.79 Å². The predicted molar refractivity (Wildman–Crippen MR) is 88.0 cm³/mol. The van der Waals surface area contributed by atoms with E-state index in [1.54, 1.807) is 4.90 Å². The van der Waals surface area contributed by atoms with Crippen LogP contribution in [0.3, 0.4) is 0 Å². The summed E-state index contributed by atoms with van der Waals surface area (Å²) in [5.74, 6) is 0.486. The Morgan fingerprint density at radius 3 is 2.48 bits per heavy atom. The highest BCUT2D eigenvalue weighted by Crippen LogP contribution is 2.20. The second kappa shape index (κ2) is 8.39. The van der Waals surface area contributed by atoms with Crippen LogP contribution in [0.15, 0.2) is 30.3 Å². The minimum Gasteiger partial charge on any atom is -0.450 e. The zero-order valence-corrected chi connectivity index (χ0v) is 14.1. The molecule has 116 valence electrons. The maximum absolute atomic E-state index is 11.7. The molecule has 2 rings (SSSR count). The summed E-state index contributed by atoms with van der Waals surface area (Å²) in [4.78, 5) is 15.9. The summed E-state index contributed by atoms with van der Waals surface area (Å²) >= 11 is 3.62. The van der Waals surface area contributed by atoms with Gasteiger partial charge in [0.1, 0.15) is 0 Å². The largest absolute Gasteiger partial charge is 0.450 e. The van der Waals surface area contributed by atoms with Gasteiger partial charge in [0.15, 0.2) is 0 Å². The van der Waals surface area contributed by atoms with Gasteiger partial charge in [-0.1, -0.05) is 46.3 Å². The predicted octanol–water partition coefficient (Wildman–Crippen LogP) is 2.94. The Hall–Kier alpha value is -1.07. The molecule has 0 aliphatic carbocycles. The number of halogens is 1. The van der Waals surface area contributed by atoms with Gasteiger partial charge in [-0.15, -0.1) is 0 Å². The molecule has 0 radical (unpaired) electrons. The first-order valence-corrected chi connectivity index (χ1v) is 8.61. The van der Waals surface area contributed by atoms with Gasteiger partial charge in [-0.25, -0.2) is 4.79 Å². The van der Waals surface area contributed by atoms with Crippen LogP contribution in [0.1, 0.15) is 18.4 Å². The number of carbonyl (C=O) groups excluding carboxylic acids is 1. The zero-order valence-electron chi connectivity index (χ0n) is 12.5. The van der Waals surface area contributed by atoms with Gasteiger partial charge in [0.25, 0.3) is 0 Å². The summed E-state index contributed by atoms with van der Waals surface area (Å²) < 4.78 is 5.05. The molecule has 21 heavy (non-hydrogen) atoms. The number of ether oxygens (including phenoxy) is 1. The van der Waals surface area contributed by atoms with Crippen molar-refractivity contribution in [1.82, 2.24) is 9.80 Å². The van der Waals surface area contributed by atoms with Crippen molar-refractivity contribution in [2.75, 3.05) is 44.7 Å². The molecule has 1 aromatic carbocycles. The molecule has 0 bridgehead atoms. The Balaban J connectivity index is 1.83. The van der Waals surface area contributed by atoms with Crippen LogP contribution in [0, 0.1) is 0 Å². The number of alkyl halides is 1. The molecule has 0 N–H and O–H groups in total. The second-order valence-electron chi connectivity index (χ2n) is 5.25. The van der Waals surface area contributed by atoms with Crippen LogP contribution in [-0.4, -0.2) is 60.6 Å². The van der Waals surface area contributed by atoms with E-state index in [0.717, 1.165) is 38.1 Å². The van der Waals surface area contributed by atoms with E-state index in [1.165, 1.54) is 5.56 Å². The van der Waals surface area contributed by atoms with Crippen molar-refractivity contribution < 1.29 is 9.53 Å². The topological polar surface area (TPSA) is 32.8 Å². The third-order valence-corrected chi connectivity index (χ3v) is 4.62. The maximum atomic E-state index is 11.7. The van der Waals surface area contributed by atoms with Crippen LogP contribution in [0.2, 0.25) is 0 Å². The average molecular weight is 355 g/mol. The zero-order chi connectivity index (χ0) is 15.1. The molecule has 1 saturated heterocycles. The average Bonchev–Trinajstić information content (AvgIpc) is 2.54. The maximum Gasteiger partial charge on any atom is 0.409 e. The first kappa shape index (κ1) is 16.3. The lowest BCUT2D eigenvalue weighted by atomic mass is 10.0. The van der Waals surface area contributed by atoms with Crippen molar-refractivity contribution in [2.24, 2.45) is 0 Å². The van der Waals surface area contributed by atoms with Gasteiger partial charge in [-0.05, 0) is 12.5 Å². The Morgan fingerprint density at radius 1 is 1.24 bits per heavy atom. The fourth-order valence-electron chi connectivity index (χ4n) is 2.61. The molecule has 1 atom stereocenters. The van der Waals surface area contributed by atoms with Crippen molar-refractivity contribution in [3.8, 4) is 0 Å². The molecule has 0 saturated carbocycles. The summed E-state index contributed by atoms with van der Waals surface area (Å²) in [5, 5.41) is 0.953. The number of nitrogens with zero attached hydrogens (tertiary/aromatic N) is 2. The van der Waals surface area contributed by atoms with Crippen molar-refractivity contribution in [1.29, 1.82) is 0 Å². The van der Waals surface area contributed by atoms with E-state index in [1.807, 2.05) is 13.0 Å². The normalized spacial score (nSPS) is 17.5. The SMILES string of the molecule is CCOC(=O)N1CCN(CC(CBr)c2ccccc2)CC1. The van der Waals surface area contributed by atoms with Crippen LogP contribution < -0.4 is 0 Å². The van der Waals surface area contributed by atoms with Crippen LogP contribution in [0.25, 0.3) is 0 Å². The molecular weight excluding hydrogens is 332 g/mol.